The minimum absolute atomic E-state index is 0.214. The summed E-state index contributed by atoms with van der Waals surface area (Å²) in [5, 5.41) is 0. The van der Waals surface area contributed by atoms with Gasteiger partial charge in [-0.15, -0.1) is 0 Å². The van der Waals surface area contributed by atoms with Crippen LogP contribution in [0.15, 0.2) is 18.3 Å². The van der Waals surface area contributed by atoms with Gasteiger partial charge in [-0.05, 0) is 12.1 Å². The van der Waals surface area contributed by atoms with Crippen molar-refractivity contribution in [3.05, 3.63) is 23.9 Å². The van der Waals surface area contributed by atoms with E-state index in [-0.39, 0.29) is 37.9 Å². The molecule has 8 heteroatoms. The number of aromatic nitrogens is 1. The van der Waals surface area contributed by atoms with E-state index in [1.54, 1.807) is 6.07 Å². The number of carbonyl (C=O) groups is 1. The predicted molar refractivity (Wildman–Crippen MR) is 67.0 cm³/mol. The molecule has 2 rings (SSSR count). The zero-order valence-electron chi connectivity index (χ0n) is 10.7. The molecular weight excluding hydrogens is 273 g/mol. The van der Waals surface area contributed by atoms with Crippen LogP contribution in [0.1, 0.15) is 10.4 Å². The van der Waals surface area contributed by atoms with Gasteiger partial charge in [-0.2, -0.15) is 13.2 Å². The highest BCUT2D eigenvalue weighted by Crippen LogP contribution is 2.18. The average Bonchev–Trinajstić information content (AvgIpc) is 2.37. The molecule has 0 bridgehead atoms. The maximum Gasteiger partial charge on any atom is 0.401 e. The second-order valence-corrected chi connectivity index (χ2v) is 4.65. The topological polar surface area (TPSA) is 62.5 Å². The standard InChI is InChI=1S/C12H15F3N4O/c13-12(14,15)8-18-3-5-19(6-4-18)11(20)9-1-2-17-10(16)7-9/h1-2,7H,3-6,8H2,(H2,16,17). The lowest BCUT2D eigenvalue weighted by Gasteiger charge is -2.35. The Hall–Kier alpha value is -1.83. The monoisotopic (exact) mass is 288 g/mol. The normalized spacial score (nSPS) is 17.2. The van der Waals surface area contributed by atoms with Crippen LogP contribution in [0, 0.1) is 0 Å². The Balaban J connectivity index is 1.92. The summed E-state index contributed by atoms with van der Waals surface area (Å²) in [6, 6.07) is 3.01. The Morgan fingerprint density at radius 2 is 1.95 bits per heavy atom. The number of alkyl halides is 3. The first-order valence-corrected chi connectivity index (χ1v) is 6.15. The number of hydrogen-bond acceptors (Lipinski definition) is 4. The fraction of sp³-hybridized carbons (Fsp3) is 0.500. The van der Waals surface area contributed by atoms with Crippen LogP contribution in [0.2, 0.25) is 0 Å². The van der Waals surface area contributed by atoms with Crippen LogP contribution in [0.5, 0.6) is 0 Å². The van der Waals surface area contributed by atoms with Gasteiger partial charge >= 0.3 is 6.18 Å². The molecule has 1 aromatic heterocycles. The summed E-state index contributed by atoms with van der Waals surface area (Å²) in [7, 11) is 0. The van der Waals surface area contributed by atoms with Crippen molar-refractivity contribution in [3.63, 3.8) is 0 Å². The molecular formula is C12H15F3N4O. The molecule has 0 aromatic carbocycles. The maximum atomic E-state index is 12.3. The van der Waals surface area contributed by atoms with Crippen molar-refractivity contribution in [2.75, 3.05) is 38.5 Å². The fourth-order valence-corrected chi connectivity index (χ4v) is 2.13. The highest BCUT2D eigenvalue weighted by atomic mass is 19.4. The van der Waals surface area contributed by atoms with Gasteiger partial charge in [-0.3, -0.25) is 9.69 Å². The minimum atomic E-state index is -4.20. The van der Waals surface area contributed by atoms with Crippen LogP contribution in [-0.2, 0) is 0 Å². The number of pyridine rings is 1. The van der Waals surface area contributed by atoms with Gasteiger partial charge in [0.25, 0.3) is 5.91 Å². The molecule has 0 unspecified atom stereocenters. The predicted octanol–water partition coefficient (Wildman–Crippen LogP) is 0.984. The van der Waals surface area contributed by atoms with Gasteiger partial charge in [0.1, 0.15) is 5.82 Å². The van der Waals surface area contributed by atoms with Crippen molar-refractivity contribution in [2.24, 2.45) is 0 Å². The molecule has 0 spiro atoms. The third-order valence-electron chi connectivity index (χ3n) is 3.09. The van der Waals surface area contributed by atoms with E-state index in [0.29, 0.717) is 5.56 Å². The van der Waals surface area contributed by atoms with E-state index in [1.165, 1.54) is 22.1 Å². The Morgan fingerprint density at radius 1 is 1.30 bits per heavy atom. The second kappa shape index (κ2) is 5.66. The molecule has 1 amide bonds. The molecule has 20 heavy (non-hydrogen) atoms. The van der Waals surface area contributed by atoms with Crippen molar-refractivity contribution in [2.45, 2.75) is 6.18 Å². The number of nitrogen functional groups attached to an aromatic ring is 1. The maximum absolute atomic E-state index is 12.3. The van der Waals surface area contributed by atoms with Crippen molar-refractivity contribution < 1.29 is 18.0 Å². The molecule has 2 N–H and O–H groups in total. The van der Waals surface area contributed by atoms with Gasteiger partial charge in [0.05, 0.1) is 6.54 Å². The summed E-state index contributed by atoms with van der Waals surface area (Å²) in [6.45, 7) is 0.0448. The van der Waals surface area contributed by atoms with Crippen molar-refractivity contribution in [3.8, 4) is 0 Å². The number of piperazine rings is 1. The molecule has 0 radical (unpaired) electrons. The number of hydrogen-bond donors (Lipinski definition) is 1. The van der Waals surface area contributed by atoms with E-state index in [1.807, 2.05) is 0 Å². The second-order valence-electron chi connectivity index (χ2n) is 4.65. The summed E-state index contributed by atoms with van der Waals surface area (Å²) in [6.07, 6.45) is -2.77. The van der Waals surface area contributed by atoms with E-state index >= 15 is 0 Å². The van der Waals surface area contributed by atoms with Crippen LogP contribution >= 0.6 is 0 Å². The van der Waals surface area contributed by atoms with Gasteiger partial charge in [0, 0.05) is 37.9 Å². The number of carbonyl (C=O) groups excluding carboxylic acids is 1. The summed E-state index contributed by atoms with van der Waals surface area (Å²) in [5.41, 5.74) is 5.91. The highest BCUT2D eigenvalue weighted by molar-refractivity contribution is 5.94. The lowest BCUT2D eigenvalue weighted by molar-refractivity contribution is -0.148. The van der Waals surface area contributed by atoms with Crippen LogP contribution in [-0.4, -0.2) is 59.6 Å². The number of anilines is 1. The summed E-state index contributed by atoms with van der Waals surface area (Å²) in [5.74, 6) is 0.0114. The van der Waals surface area contributed by atoms with Gasteiger partial charge in [-0.25, -0.2) is 4.98 Å². The zero-order chi connectivity index (χ0) is 14.8. The molecule has 5 nitrogen and oxygen atoms in total. The first-order valence-electron chi connectivity index (χ1n) is 6.15. The lowest BCUT2D eigenvalue weighted by atomic mass is 10.2. The molecule has 1 aliphatic heterocycles. The average molecular weight is 288 g/mol. The largest absolute Gasteiger partial charge is 0.401 e. The highest BCUT2D eigenvalue weighted by Gasteiger charge is 2.32. The van der Waals surface area contributed by atoms with E-state index in [9.17, 15) is 18.0 Å². The van der Waals surface area contributed by atoms with E-state index in [2.05, 4.69) is 4.98 Å². The lowest BCUT2D eigenvalue weighted by Crippen LogP contribution is -2.50. The Kier molecular flexibility index (Phi) is 4.12. The Morgan fingerprint density at radius 3 is 2.50 bits per heavy atom. The molecule has 2 heterocycles. The van der Waals surface area contributed by atoms with E-state index < -0.39 is 12.7 Å². The quantitative estimate of drug-likeness (QED) is 0.881. The number of amides is 1. The molecule has 110 valence electrons. The van der Waals surface area contributed by atoms with Crippen LogP contribution in [0.4, 0.5) is 19.0 Å². The number of nitrogens with zero attached hydrogens (tertiary/aromatic N) is 3. The molecule has 1 saturated heterocycles. The summed E-state index contributed by atoms with van der Waals surface area (Å²) < 4.78 is 36.8. The summed E-state index contributed by atoms with van der Waals surface area (Å²) in [4.78, 5) is 18.8. The Bertz CT molecular complexity index is 484. The molecule has 1 aliphatic rings. The van der Waals surface area contributed by atoms with Crippen LogP contribution in [0.25, 0.3) is 0 Å². The van der Waals surface area contributed by atoms with Gasteiger partial charge in [0.2, 0.25) is 0 Å². The minimum Gasteiger partial charge on any atom is -0.384 e. The van der Waals surface area contributed by atoms with E-state index in [4.69, 9.17) is 5.73 Å². The van der Waals surface area contributed by atoms with Crippen molar-refractivity contribution >= 4 is 11.7 Å². The fourth-order valence-electron chi connectivity index (χ4n) is 2.13. The first-order chi connectivity index (χ1) is 9.35. The first kappa shape index (κ1) is 14.6. The molecule has 1 aromatic rings. The number of halogens is 3. The third-order valence-corrected chi connectivity index (χ3v) is 3.09. The van der Waals surface area contributed by atoms with Crippen molar-refractivity contribution in [1.82, 2.24) is 14.8 Å². The molecule has 0 aliphatic carbocycles. The van der Waals surface area contributed by atoms with Crippen LogP contribution < -0.4 is 5.73 Å². The van der Waals surface area contributed by atoms with Crippen LogP contribution in [0.3, 0.4) is 0 Å². The van der Waals surface area contributed by atoms with Gasteiger partial charge < -0.3 is 10.6 Å². The SMILES string of the molecule is Nc1cc(C(=O)N2CCN(CC(F)(F)F)CC2)ccn1. The summed E-state index contributed by atoms with van der Waals surface area (Å²) >= 11 is 0. The smallest absolute Gasteiger partial charge is 0.384 e. The third kappa shape index (κ3) is 3.83. The van der Waals surface area contributed by atoms with Gasteiger partial charge in [0.15, 0.2) is 0 Å². The number of rotatable bonds is 2. The van der Waals surface area contributed by atoms with Crippen molar-refractivity contribution in [1.29, 1.82) is 0 Å². The molecule has 0 saturated carbocycles. The Labute approximate surface area is 114 Å². The zero-order valence-corrected chi connectivity index (χ0v) is 10.7. The molecule has 1 fully saturated rings. The van der Waals surface area contributed by atoms with Gasteiger partial charge in [-0.1, -0.05) is 0 Å². The van der Waals surface area contributed by atoms with E-state index in [0.717, 1.165) is 0 Å². The number of nitrogens with two attached hydrogens (primary N) is 1. The molecule has 0 atom stereocenters.